The molecule has 2 aromatic rings. The van der Waals surface area contributed by atoms with Crippen LogP contribution in [0.3, 0.4) is 0 Å². The molecule has 0 radical (unpaired) electrons. The molecule has 0 bridgehead atoms. The van der Waals surface area contributed by atoms with Crippen LogP contribution < -0.4 is 10.5 Å². The van der Waals surface area contributed by atoms with Crippen molar-refractivity contribution < 1.29 is 23.0 Å². The van der Waals surface area contributed by atoms with Gasteiger partial charge in [0.25, 0.3) is 6.02 Å². The lowest BCUT2D eigenvalue weighted by molar-refractivity contribution is -0.170. The highest BCUT2D eigenvalue weighted by atomic mass is 35.5. The summed E-state index contributed by atoms with van der Waals surface area (Å²) in [6.07, 6.45) is 4.40. The van der Waals surface area contributed by atoms with Crippen molar-refractivity contribution in [3.05, 3.63) is 47.2 Å². The van der Waals surface area contributed by atoms with Crippen LogP contribution in [0.25, 0.3) is 11.1 Å². The Labute approximate surface area is 177 Å². The fourth-order valence-corrected chi connectivity index (χ4v) is 4.76. The average Bonchev–Trinajstić information content (AvgIpc) is 2.72. The standard InChI is InChI=1S/C21H20ClF2N3O3/c22-15-6-14(8-26-9-15)13-2-3-17-16(7-13)20(21(23,24)12-29-18(25)27-20)10-19(30-17)4-1-5-28-11-19/h2-3,6-9H,1,4-5,10-12H2,(H2,25,27)/t19-,20+/m0/s1. The summed E-state index contributed by atoms with van der Waals surface area (Å²) >= 11 is 6.07. The lowest BCUT2D eigenvalue weighted by Gasteiger charge is -2.51. The molecule has 0 aliphatic carbocycles. The smallest absolute Gasteiger partial charge is 0.310 e. The van der Waals surface area contributed by atoms with E-state index in [0.717, 1.165) is 6.42 Å². The first-order chi connectivity index (χ1) is 14.3. The first-order valence-corrected chi connectivity index (χ1v) is 10.1. The van der Waals surface area contributed by atoms with Gasteiger partial charge in [-0.25, -0.2) is 4.99 Å². The summed E-state index contributed by atoms with van der Waals surface area (Å²) in [5.74, 6) is -2.94. The number of halogens is 3. The second-order valence-corrected chi connectivity index (χ2v) is 8.46. The summed E-state index contributed by atoms with van der Waals surface area (Å²) < 4.78 is 47.8. The Morgan fingerprint density at radius 3 is 2.73 bits per heavy atom. The molecule has 2 N–H and O–H groups in total. The zero-order valence-corrected chi connectivity index (χ0v) is 16.8. The summed E-state index contributed by atoms with van der Waals surface area (Å²) in [4.78, 5) is 8.30. The SMILES string of the molecule is NC1=N[C@@]2(C[C@]3(CCCOC3)Oc3ccc(-c4cncc(Cl)c4)cc32)C(F)(F)CO1. The summed E-state index contributed by atoms with van der Waals surface area (Å²) in [5, 5.41) is 0.452. The number of benzene rings is 1. The molecule has 1 fully saturated rings. The first-order valence-electron chi connectivity index (χ1n) is 9.71. The molecule has 4 heterocycles. The molecule has 1 saturated heterocycles. The minimum Gasteiger partial charge on any atom is -0.484 e. The van der Waals surface area contributed by atoms with Crippen molar-refractivity contribution in [2.45, 2.75) is 36.3 Å². The van der Waals surface area contributed by atoms with Gasteiger partial charge in [-0.15, -0.1) is 0 Å². The third kappa shape index (κ3) is 3.01. The molecule has 158 valence electrons. The number of aliphatic imine (C=N–C) groups is 1. The lowest BCUT2D eigenvalue weighted by atomic mass is 9.70. The zero-order valence-electron chi connectivity index (χ0n) is 16.0. The van der Waals surface area contributed by atoms with Gasteiger partial charge < -0.3 is 19.9 Å². The van der Waals surface area contributed by atoms with E-state index in [4.69, 9.17) is 31.5 Å². The quantitative estimate of drug-likeness (QED) is 0.734. The average molecular weight is 436 g/mol. The van der Waals surface area contributed by atoms with Crippen LogP contribution in [0.4, 0.5) is 8.78 Å². The van der Waals surface area contributed by atoms with Gasteiger partial charge in [0.05, 0.1) is 11.6 Å². The largest absolute Gasteiger partial charge is 0.484 e. The third-order valence-corrected chi connectivity index (χ3v) is 6.17. The van der Waals surface area contributed by atoms with E-state index in [-0.39, 0.29) is 24.6 Å². The van der Waals surface area contributed by atoms with E-state index in [0.29, 0.717) is 34.9 Å². The fraction of sp³-hybridized carbons (Fsp3) is 0.429. The number of hydrogen-bond acceptors (Lipinski definition) is 6. The zero-order chi connectivity index (χ0) is 21.0. The number of amidine groups is 1. The van der Waals surface area contributed by atoms with Gasteiger partial charge in [-0.05, 0) is 36.6 Å². The van der Waals surface area contributed by atoms with Gasteiger partial charge in [-0.2, -0.15) is 8.78 Å². The Bertz CT molecular complexity index is 1030. The molecule has 2 spiro atoms. The molecule has 3 aliphatic rings. The van der Waals surface area contributed by atoms with E-state index in [1.54, 1.807) is 30.5 Å². The topological polar surface area (TPSA) is 79.0 Å². The van der Waals surface area contributed by atoms with Crippen LogP contribution in [0.2, 0.25) is 5.02 Å². The Hall–Kier alpha value is -2.45. The fourth-order valence-electron chi connectivity index (χ4n) is 4.58. The predicted octanol–water partition coefficient (Wildman–Crippen LogP) is 3.91. The van der Waals surface area contributed by atoms with E-state index >= 15 is 8.78 Å². The van der Waals surface area contributed by atoms with E-state index in [2.05, 4.69) is 9.98 Å². The van der Waals surface area contributed by atoms with Crippen molar-refractivity contribution in [3.8, 4) is 16.9 Å². The van der Waals surface area contributed by atoms with Gasteiger partial charge in [0, 0.05) is 36.5 Å². The van der Waals surface area contributed by atoms with E-state index in [1.165, 1.54) is 6.20 Å². The monoisotopic (exact) mass is 435 g/mol. The highest BCUT2D eigenvalue weighted by Crippen LogP contribution is 2.56. The van der Waals surface area contributed by atoms with Crippen LogP contribution in [-0.2, 0) is 15.0 Å². The summed E-state index contributed by atoms with van der Waals surface area (Å²) in [6.45, 7) is -0.0429. The molecule has 30 heavy (non-hydrogen) atoms. The second kappa shape index (κ2) is 6.78. The molecule has 1 aromatic carbocycles. The molecular weight excluding hydrogens is 416 g/mol. The van der Waals surface area contributed by atoms with Crippen molar-refractivity contribution >= 4 is 17.6 Å². The van der Waals surface area contributed by atoms with Crippen LogP contribution in [0.5, 0.6) is 5.75 Å². The van der Waals surface area contributed by atoms with Crippen molar-refractivity contribution in [1.29, 1.82) is 0 Å². The molecule has 1 aromatic heterocycles. The minimum absolute atomic E-state index is 0.0543. The maximum absolute atomic E-state index is 15.5. The first kappa shape index (κ1) is 19.5. The van der Waals surface area contributed by atoms with Gasteiger partial charge in [-0.1, -0.05) is 17.7 Å². The number of pyridine rings is 1. The van der Waals surface area contributed by atoms with Gasteiger partial charge in [0.2, 0.25) is 0 Å². The predicted molar refractivity (Wildman–Crippen MR) is 107 cm³/mol. The summed E-state index contributed by atoms with van der Waals surface area (Å²) in [7, 11) is 0. The number of rotatable bonds is 1. The van der Waals surface area contributed by atoms with Crippen LogP contribution in [0, 0.1) is 0 Å². The molecule has 6 nitrogen and oxygen atoms in total. The number of fused-ring (bicyclic) bond motifs is 2. The van der Waals surface area contributed by atoms with Crippen LogP contribution >= 0.6 is 11.6 Å². The molecule has 0 amide bonds. The van der Waals surface area contributed by atoms with Gasteiger partial charge >= 0.3 is 5.92 Å². The Balaban J connectivity index is 1.71. The lowest BCUT2D eigenvalue weighted by Crippen LogP contribution is -2.61. The number of aromatic nitrogens is 1. The maximum Gasteiger partial charge on any atom is 0.310 e. The van der Waals surface area contributed by atoms with Crippen molar-refractivity contribution in [3.63, 3.8) is 0 Å². The van der Waals surface area contributed by atoms with E-state index in [9.17, 15) is 0 Å². The summed E-state index contributed by atoms with van der Waals surface area (Å²) in [5.41, 5.74) is 4.65. The molecule has 3 aliphatic heterocycles. The van der Waals surface area contributed by atoms with Crippen molar-refractivity contribution in [1.82, 2.24) is 4.98 Å². The van der Waals surface area contributed by atoms with Crippen LogP contribution in [0.1, 0.15) is 24.8 Å². The van der Waals surface area contributed by atoms with E-state index in [1.807, 2.05) is 0 Å². The number of ether oxygens (including phenoxy) is 3. The third-order valence-electron chi connectivity index (χ3n) is 5.96. The van der Waals surface area contributed by atoms with Gasteiger partial charge in [0.15, 0.2) is 12.1 Å². The normalized spacial score (nSPS) is 29.6. The molecule has 0 unspecified atom stereocenters. The number of nitrogens with zero attached hydrogens (tertiary/aromatic N) is 2. The Kier molecular flexibility index (Phi) is 4.41. The number of hydrogen-bond donors (Lipinski definition) is 1. The van der Waals surface area contributed by atoms with Crippen molar-refractivity contribution in [2.24, 2.45) is 10.7 Å². The second-order valence-electron chi connectivity index (χ2n) is 8.02. The maximum atomic E-state index is 15.5. The van der Waals surface area contributed by atoms with Crippen LogP contribution in [0.15, 0.2) is 41.7 Å². The van der Waals surface area contributed by atoms with E-state index < -0.39 is 23.7 Å². The van der Waals surface area contributed by atoms with Crippen LogP contribution in [-0.4, -0.2) is 42.3 Å². The highest BCUT2D eigenvalue weighted by molar-refractivity contribution is 6.30. The minimum atomic E-state index is -3.29. The molecular formula is C21H20ClF2N3O3. The Morgan fingerprint density at radius 2 is 1.97 bits per heavy atom. The Morgan fingerprint density at radius 1 is 1.10 bits per heavy atom. The molecule has 5 rings (SSSR count). The summed E-state index contributed by atoms with van der Waals surface area (Å²) in [6, 6.07) is 6.63. The highest BCUT2D eigenvalue weighted by Gasteiger charge is 2.65. The van der Waals surface area contributed by atoms with Gasteiger partial charge in [-0.3, -0.25) is 4.98 Å². The molecule has 2 atom stereocenters. The van der Waals surface area contributed by atoms with Crippen molar-refractivity contribution in [2.75, 3.05) is 19.8 Å². The molecule has 0 saturated carbocycles. The number of nitrogens with two attached hydrogens (primary N) is 1. The van der Waals surface area contributed by atoms with Gasteiger partial charge in [0.1, 0.15) is 11.4 Å². The number of alkyl halides is 2. The molecule has 9 heteroatoms.